The van der Waals surface area contributed by atoms with Gasteiger partial charge in [-0.2, -0.15) is 0 Å². The fraction of sp³-hybridized carbons (Fsp3) is 0. The van der Waals surface area contributed by atoms with Crippen LogP contribution in [0.3, 0.4) is 0 Å². The van der Waals surface area contributed by atoms with Crippen LogP contribution < -0.4 is 16.2 Å². The highest BCUT2D eigenvalue weighted by atomic mass is 31.1. The number of hydrogen-bond acceptors (Lipinski definition) is 3. The normalized spacial score (nSPS) is 10.9. The lowest BCUT2D eigenvalue weighted by Crippen LogP contribution is -2.21. The first kappa shape index (κ1) is 14.8. The van der Waals surface area contributed by atoms with Gasteiger partial charge in [-0.05, 0) is 22.7 Å². The molecule has 0 amide bonds. The van der Waals surface area contributed by atoms with Crippen molar-refractivity contribution in [1.29, 1.82) is 0 Å². The Morgan fingerprint density at radius 1 is 0.583 bits per heavy atom. The molecule has 0 saturated carbocycles. The summed E-state index contributed by atoms with van der Waals surface area (Å²) < 4.78 is 6.05. The third-order valence-electron chi connectivity index (χ3n) is 3.66. The van der Waals surface area contributed by atoms with E-state index < -0.39 is 7.92 Å². The number of rotatable bonds is 4. The minimum atomic E-state index is -0.856. The summed E-state index contributed by atoms with van der Waals surface area (Å²) in [6.07, 6.45) is 0. The van der Waals surface area contributed by atoms with Crippen LogP contribution in [0.5, 0.6) is 0 Å². The number of benzene rings is 3. The summed E-state index contributed by atoms with van der Waals surface area (Å²) in [5.74, 6) is 0.560. The topological polar surface area (TPSA) is 38.9 Å². The van der Waals surface area contributed by atoms with E-state index in [2.05, 4.69) is 34.5 Å². The molecule has 0 bridgehead atoms. The Morgan fingerprint density at radius 3 is 1.62 bits per heavy atom. The Balaban J connectivity index is 1.79. The van der Waals surface area contributed by atoms with Gasteiger partial charge in [0.2, 0.25) is 11.5 Å². The molecule has 0 aliphatic heterocycles. The molecular formula is C20H15N2OP. The predicted molar refractivity (Wildman–Crippen MR) is 98.4 cm³/mol. The molecule has 0 aliphatic rings. The first-order chi connectivity index (χ1) is 11.9. The Labute approximate surface area is 141 Å². The van der Waals surface area contributed by atoms with E-state index in [4.69, 9.17) is 4.42 Å². The summed E-state index contributed by atoms with van der Waals surface area (Å²) in [6, 6.07) is 30.5. The van der Waals surface area contributed by atoms with E-state index in [0.717, 1.165) is 5.56 Å². The Hall–Kier alpha value is -2.77. The van der Waals surface area contributed by atoms with Gasteiger partial charge in [-0.1, -0.05) is 78.9 Å². The van der Waals surface area contributed by atoms with E-state index in [0.29, 0.717) is 11.5 Å². The molecule has 3 aromatic carbocycles. The van der Waals surface area contributed by atoms with E-state index in [1.165, 1.54) is 10.6 Å². The molecule has 4 heteroatoms. The van der Waals surface area contributed by atoms with Gasteiger partial charge in [0.05, 0.1) is 0 Å². The Kier molecular flexibility index (Phi) is 4.18. The van der Waals surface area contributed by atoms with Crippen molar-refractivity contribution < 1.29 is 4.42 Å². The highest BCUT2D eigenvalue weighted by Gasteiger charge is 2.22. The van der Waals surface area contributed by atoms with Crippen molar-refractivity contribution in [1.82, 2.24) is 10.2 Å². The average Bonchev–Trinajstić information content (AvgIpc) is 3.14. The lowest BCUT2D eigenvalue weighted by atomic mass is 10.2. The van der Waals surface area contributed by atoms with Gasteiger partial charge in [0, 0.05) is 13.5 Å². The zero-order valence-corrected chi connectivity index (χ0v) is 13.8. The van der Waals surface area contributed by atoms with Gasteiger partial charge < -0.3 is 4.42 Å². The molecule has 0 atom stereocenters. The van der Waals surface area contributed by atoms with E-state index >= 15 is 0 Å². The van der Waals surface area contributed by atoms with Crippen LogP contribution in [0, 0.1) is 0 Å². The van der Waals surface area contributed by atoms with Crippen LogP contribution in [0.25, 0.3) is 11.5 Å². The van der Waals surface area contributed by atoms with E-state index in [-0.39, 0.29) is 0 Å². The highest BCUT2D eigenvalue weighted by molar-refractivity contribution is 7.79. The predicted octanol–water partition coefficient (Wildman–Crippen LogP) is 3.49. The first-order valence-electron chi connectivity index (χ1n) is 7.71. The molecule has 1 aromatic heterocycles. The molecule has 116 valence electrons. The van der Waals surface area contributed by atoms with E-state index in [1.54, 1.807) is 0 Å². The number of hydrogen-bond donors (Lipinski definition) is 0. The molecule has 3 nitrogen and oxygen atoms in total. The van der Waals surface area contributed by atoms with E-state index in [1.807, 2.05) is 66.7 Å². The van der Waals surface area contributed by atoms with Crippen LogP contribution in [0.15, 0.2) is 95.4 Å². The molecule has 0 spiro atoms. The molecule has 0 saturated heterocycles. The summed E-state index contributed by atoms with van der Waals surface area (Å²) in [6.45, 7) is 0. The minimum absolute atomic E-state index is 0.560. The summed E-state index contributed by atoms with van der Waals surface area (Å²) >= 11 is 0. The third-order valence-corrected chi connectivity index (χ3v) is 5.85. The SMILES string of the molecule is c1ccc(-c2nnc(P(c3ccccc3)c3ccccc3)o2)cc1. The second-order valence-electron chi connectivity index (χ2n) is 5.26. The summed E-state index contributed by atoms with van der Waals surface area (Å²) in [5.41, 5.74) is 1.61. The van der Waals surface area contributed by atoms with Gasteiger partial charge in [-0.3, -0.25) is 0 Å². The van der Waals surface area contributed by atoms with Crippen molar-refractivity contribution in [3.8, 4) is 11.5 Å². The van der Waals surface area contributed by atoms with Gasteiger partial charge in [-0.25, -0.2) is 0 Å². The summed E-state index contributed by atoms with van der Waals surface area (Å²) in [5, 5.41) is 11.0. The van der Waals surface area contributed by atoms with Crippen molar-refractivity contribution in [3.05, 3.63) is 91.0 Å². The lowest BCUT2D eigenvalue weighted by Gasteiger charge is -2.13. The molecular weight excluding hydrogens is 315 g/mol. The molecule has 0 aliphatic carbocycles. The van der Waals surface area contributed by atoms with Gasteiger partial charge in [-0.15, -0.1) is 10.2 Å². The van der Waals surface area contributed by atoms with Crippen LogP contribution in [0.4, 0.5) is 0 Å². The second kappa shape index (κ2) is 6.77. The van der Waals surface area contributed by atoms with Crippen molar-refractivity contribution >= 4 is 24.2 Å². The molecule has 0 radical (unpaired) electrons. The van der Waals surface area contributed by atoms with Gasteiger partial charge in [0.15, 0.2) is 0 Å². The molecule has 24 heavy (non-hydrogen) atoms. The molecule has 4 rings (SSSR count). The Bertz CT molecular complexity index is 869. The quantitative estimate of drug-likeness (QED) is 0.538. The zero-order chi connectivity index (χ0) is 16.2. The van der Waals surface area contributed by atoms with Crippen LogP contribution >= 0.6 is 7.92 Å². The van der Waals surface area contributed by atoms with Crippen LogP contribution in [0.2, 0.25) is 0 Å². The Morgan fingerprint density at radius 2 is 1.08 bits per heavy atom. The summed E-state index contributed by atoms with van der Waals surface area (Å²) in [4.78, 5) is 0. The molecule has 1 heterocycles. The molecule has 0 N–H and O–H groups in total. The lowest BCUT2D eigenvalue weighted by molar-refractivity contribution is 0.606. The standard InChI is InChI=1S/C20H15N2OP/c1-4-10-16(11-5-1)19-21-22-20(23-19)24(17-12-6-2-7-13-17)18-14-8-3-9-15-18/h1-15H. The van der Waals surface area contributed by atoms with Crippen molar-refractivity contribution in [3.63, 3.8) is 0 Å². The maximum atomic E-state index is 6.05. The smallest absolute Gasteiger partial charge is 0.248 e. The van der Waals surface area contributed by atoms with Gasteiger partial charge in [0.25, 0.3) is 0 Å². The van der Waals surface area contributed by atoms with Crippen LogP contribution in [-0.4, -0.2) is 10.2 Å². The fourth-order valence-electron chi connectivity index (χ4n) is 2.53. The third kappa shape index (κ3) is 2.99. The van der Waals surface area contributed by atoms with Crippen molar-refractivity contribution in [2.75, 3.05) is 0 Å². The van der Waals surface area contributed by atoms with Crippen molar-refractivity contribution in [2.24, 2.45) is 0 Å². The number of aromatic nitrogens is 2. The average molecular weight is 330 g/mol. The zero-order valence-electron chi connectivity index (χ0n) is 12.9. The first-order valence-corrected chi connectivity index (χ1v) is 9.05. The van der Waals surface area contributed by atoms with E-state index in [9.17, 15) is 0 Å². The van der Waals surface area contributed by atoms with Gasteiger partial charge >= 0.3 is 0 Å². The van der Waals surface area contributed by atoms with Crippen LogP contribution in [0.1, 0.15) is 0 Å². The summed E-state index contributed by atoms with van der Waals surface area (Å²) in [7, 11) is -0.856. The maximum Gasteiger partial charge on any atom is 0.248 e. The fourth-order valence-corrected chi connectivity index (χ4v) is 4.52. The highest BCUT2D eigenvalue weighted by Crippen LogP contribution is 2.32. The van der Waals surface area contributed by atoms with Gasteiger partial charge in [0.1, 0.15) is 0 Å². The second-order valence-corrected chi connectivity index (χ2v) is 7.35. The largest absolute Gasteiger partial charge is 0.416 e. The monoisotopic (exact) mass is 330 g/mol. The molecule has 0 fully saturated rings. The van der Waals surface area contributed by atoms with Crippen LogP contribution in [-0.2, 0) is 0 Å². The molecule has 4 aromatic rings. The minimum Gasteiger partial charge on any atom is -0.416 e. The maximum absolute atomic E-state index is 6.05. The number of nitrogens with zero attached hydrogens (tertiary/aromatic N) is 2. The van der Waals surface area contributed by atoms with Crippen molar-refractivity contribution in [2.45, 2.75) is 0 Å². The molecule has 0 unspecified atom stereocenters.